The summed E-state index contributed by atoms with van der Waals surface area (Å²) in [6.07, 6.45) is 7.09. The first kappa shape index (κ1) is 16.8. The fraction of sp³-hybridized carbons (Fsp3) is 0.300. The first-order valence-electron chi connectivity index (χ1n) is 7.94. The van der Waals surface area contributed by atoms with E-state index in [0.717, 1.165) is 0 Å². The molecule has 0 unspecified atom stereocenters. The fourth-order valence-corrected chi connectivity index (χ4v) is 3.19. The van der Waals surface area contributed by atoms with E-state index in [2.05, 4.69) is 17.8 Å². The number of nitrogens with zero attached hydrogens (tertiary/aromatic N) is 1. The number of rotatable bonds is 2. The van der Waals surface area contributed by atoms with E-state index in [0.29, 0.717) is 11.3 Å². The highest BCUT2D eigenvalue weighted by molar-refractivity contribution is 5.99. The Morgan fingerprint density at radius 2 is 2.16 bits per heavy atom. The quantitative estimate of drug-likeness (QED) is 0.615. The number of ketones is 1. The van der Waals surface area contributed by atoms with Gasteiger partial charge in [0.2, 0.25) is 0 Å². The predicted octanol–water partition coefficient (Wildman–Crippen LogP) is 2.41. The number of anilines is 1. The van der Waals surface area contributed by atoms with Crippen molar-refractivity contribution in [3.8, 4) is 24.2 Å². The van der Waals surface area contributed by atoms with Gasteiger partial charge >= 0.3 is 6.09 Å². The van der Waals surface area contributed by atoms with E-state index in [4.69, 9.17) is 15.9 Å². The van der Waals surface area contributed by atoms with Gasteiger partial charge in [0.1, 0.15) is 12.1 Å². The standard InChI is InChI=1S/C20H17NO4/c1-4-6-7-8-13-17-18-20(25-18,14(3)22)15-11-9-10-12-16(15)21(17)19(23)24-5-2/h1,6-7,9-12,17-18H,5H2,2-3H3/b7-6-/t17-,18-,20+/m0/s1. The second-order valence-corrected chi connectivity index (χ2v) is 5.65. The molecule has 1 amide bonds. The molecule has 0 aromatic heterocycles. The molecule has 1 aromatic carbocycles. The van der Waals surface area contributed by atoms with E-state index < -0.39 is 23.8 Å². The minimum absolute atomic E-state index is 0.112. The van der Waals surface area contributed by atoms with Crippen molar-refractivity contribution >= 4 is 17.6 Å². The van der Waals surface area contributed by atoms with Crippen molar-refractivity contribution in [3.63, 3.8) is 0 Å². The van der Waals surface area contributed by atoms with E-state index >= 15 is 0 Å². The van der Waals surface area contributed by atoms with Gasteiger partial charge in [-0.25, -0.2) is 4.79 Å². The zero-order valence-corrected chi connectivity index (χ0v) is 14.0. The molecule has 1 aromatic rings. The summed E-state index contributed by atoms with van der Waals surface area (Å²) in [5, 5.41) is 0. The molecule has 1 fully saturated rings. The van der Waals surface area contributed by atoms with Crippen LogP contribution in [0.25, 0.3) is 0 Å². The predicted molar refractivity (Wildman–Crippen MR) is 92.7 cm³/mol. The minimum atomic E-state index is -1.05. The summed E-state index contributed by atoms with van der Waals surface area (Å²) in [6.45, 7) is 3.45. The topological polar surface area (TPSA) is 59.1 Å². The van der Waals surface area contributed by atoms with Crippen molar-refractivity contribution in [1.29, 1.82) is 0 Å². The van der Waals surface area contributed by atoms with Gasteiger partial charge in [0, 0.05) is 5.56 Å². The molecular weight excluding hydrogens is 318 g/mol. The average molecular weight is 335 g/mol. The molecule has 0 aliphatic carbocycles. The number of ether oxygens (including phenoxy) is 2. The smallest absolute Gasteiger partial charge is 0.415 e. The molecule has 126 valence electrons. The Morgan fingerprint density at radius 1 is 1.40 bits per heavy atom. The van der Waals surface area contributed by atoms with Crippen molar-refractivity contribution in [3.05, 3.63) is 42.0 Å². The lowest BCUT2D eigenvalue weighted by Gasteiger charge is -2.33. The Balaban J connectivity index is 2.12. The molecule has 0 spiro atoms. The maximum Gasteiger partial charge on any atom is 0.415 e. The number of fused-ring (bicyclic) bond motifs is 3. The normalized spacial score (nSPS) is 25.9. The van der Waals surface area contributed by atoms with Gasteiger partial charge in [0.15, 0.2) is 11.4 Å². The summed E-state index contributed by atoms with van der Waals surface area (Å²) in [5.41, 5.74) is 0.192. The summed E-state index contributed by atoms with van der Waals surface area (Å²) in [5.74, 6) is 8.02. The van der Waals surface area contributed by atoms with Crippen LogP contribution >= 0.6 is 0 Å². The van der Waals surface area contributed by atoms with Crippen LogP contribution in [0.1, 0.15) is 19.4 Å². The van der Waals surface area contributed by atoms with Crippen LogP contribution in [0.2, 0.25) is 0 Å². The Kier molecular flexibility index (Phi) is 4.35. The van der Waals surface area contributed by atoms with Crippen LogP contribution in [0.4, 0.5) is 10.5 Å². The second kappa shape index (κ2) is 6.47. The first-order valence-corrected chi connectivity index (χ1v) is 7.94. The molecule has 0 bridgehead atoms. The Hall–Kier alpha value is -3.02. The number of allylic oxidation sites excluding steroid dienone is 2. The third kappa shape index (κ3) is 2.59. The van der Waals surface area contributed by atoms with Gasteiger partial charge in [-0.15, -0.1) is 6.42 Å². The van der Waals surface area contributed by atoms with Crippen molar-refractivity contribution < 1.29 is 19.1 Å². The molecule has 3 rings (SSSR count). The van der Waals surface area contributed by atoms with Gasteiger partial charge in [-0.3, -0.25) is 9.69 Å². The van der Waals surface area contributed by atoms with Crippen molar-refractivity contribution in [2.45, 2.75) is 31.6 Å². The lowest BCUT2D eigenvalue weighted by atomic mass is 9.83. The maximum atomic E-state index is 12.5. The number of Topliss-reactive ketones (excluding diaryl/α,β-unsaturated/α-hetero) is 1. The molecule has 2 aliphatic heterocycles. The average Bonchev–Trinajstić information content (AvgIpc) is 3.36. The molecule has 25 heavy (non-hydrogen) atoms. The van der Waals surface area contributed by atoms with E-state index in [1.165, 1.54) is 24.0 Å². The highest BCUT2D eigenvalue weighted by atomic mass is 16.6. The van der Waals surface area contributed by atoms with Crippen LogP contribution in [0.15, 0.2) is 36.4 Å². The number of hydrogen-bond acceptors (Lipinski definition) is 4. The lowest BCUT2D eigenvalue weighted by Crippen LogP contribution is -2.50. The van der Waals surface area contributed by atoms with Gasteiger partial charge in [0.25, 0.3) is 0 Å². The van der Waals surface area contributed by atoms with Gasteiger partial charge in [-0.1, -0.05) is 36.0 Å². The monoisotopic (exact) mass is 335 g/mol. The highest BCUT2D eigenvalue weighted by Gasteiger charge is 2.70. The number of epoxide rings is 1. The summed E-state index contributed by atoms with van der Waals surface area (Å²) in [7, 11) is 0. The molecule has 0 N–H and O–H groups in total. The molecule has 2 heterocycles. The van der Waals surface area contributed by atoms with Crippen LogP contribution < -0.4 is 4.90 Å². The second-order valence-electron chi connectivity index (χ2n) is 5.65. The number of amides is 1. The van der Waals surface area contributed by atoms with Crippen LogP contribution in [-0.2, 0) is 19.9 Å². The SMILES string of the molecule is C#C/C=C\C#C[C@H]1[C@@H]2O[C@]2(C(C)=O)c2ccccc2N1C(=O)OCC. The number of carbonyl (C=O) groups is 2. The van der Waals surface area contributed by atoms with Gasteiger partial charge < -0.3 is 9.47 Å². The number of para-hydroxylation sites is 1. The van der Waals surface area contributed by atoms with Gasteiger partial charge in [-0.2, -0.15) is 0 Å². The molecular formula is C20H17NO4. The van der Waals surface area contributed by atoms with E-state index in [1.807, 2.05) is 6.07 Å². The molecule has 0 radical (unpaired) electrons. The molecule has 5 nitrogen and oxygen atoms in total. The minimum Gasteiger partial charge on any atom is -0.449 e. The van der Waals surface area contributed by atoms with Crippen LogP contribution in [0.3, 0.4) is 0 Å². The number of terminal acetylenes is 1. The summed E-state index contributed by atoms with van der Waals surface area (Å²) in [4.78, 5) is 26.3. The maximum absolute atomic E-state index is 12.5. The van der Waals surface area contributed by atoms with E-state index in [-0.39, 0.29) is 12.4 Å². The van der Waals surface area contributed by atoms with E-state index in [9.17, 15) is 9.59 Å². The Morgan fingerprint density at radius 3 is 2.84 bits per heavy atom. The van der Waals surface area contributed by atoms with Crippen molar-refractivity contribution in [2.24, 2.45) is 0 Å². The first-order chi connectivity index (χ1) is 12.1. The molecule has 0 saturated carbocycles. The Bertz CT molecular complexity index is 854. The Labute approximate surface area is 146 Å². The fourth-order valence-electron chi connectivity index (χ4n) is 3.19. The third-order valence-electron chi connectivity index (χ3n) is 4.27. The zero-order valence-electron chi connectivity index (χ0n) is 14.0. The van der Waals surface area contributed by atoms with Crippen molar-refractivity contribution in [1.82, 2.24) is 0 Å². The highest BCUT2D eigenvalue weighted by Crippen LogP contribution is 2.56. The van der Waals surface area contributed by atoms with Crippen LogP contribution in [0.5, 0.6) is 0 Å². The number of carbonyl (C=O) groups excluding carboxylic acids is 2. The van der Waals surface area contributed by atoms with E-state index in [1.54, 1.807) is 25.1 Å². The van der Waals surface area contributed by atoms with Crippen LogP contribution in [-0.4, -0.2) is 30.6 Å². The zero-order chi connectivity index (χ0) is 18.0. The van der Waals surface area contributed by atoms with Crippen molar-refractivity contribution in [2.75, 3.05) is 11.5 Å². The molecule has 5 heteroatoms. The van der Waals surface area contributed by atoms with Crippen LogP contribution in [0, 0.1) is 24.2 Å². The molecule has 3 atom stereocenters. The summed E-state index contributed by atoms with van der Waals surface area (Å²) < 4.78 is 11.0. The van der Waals surface area contributed by atoms with Gasteiger partial charge in [0.05, 0.1) is 12.3 Å². The third-order valence-corrected chi connectivity index (χ3v) is 4.27. The molecule has 2 aliphatic rings. The van der Waals surface area contributed by atoms with Gasteiger partial charge in [-0.05, 0) is 32.1 Å². The summed E-state index contributed by atoms with van der Waals surface area (Å²) in [6, 6.07) is 6.53. The molecule has 1 saturated heterocycles. The number of benzene rings is 1. The summed E-state index contributed by atoms with van der Waals surface area (Å²) >= 11 is 0. The largest absolute Gasteiger partial charge is 0.449 e. The number of hydrogen-bond donors (Lipinski definition) is 0. The lowest BCUT2D eigenvalue weighted by molar-refractivity contribution is -0.122.